The van der Waals surface area contributed by atoms with Crippen molar-refractivity contribution >= 4 is 40.6 Å². The molecule has 0 aliphatic carbocycles. The topological polar surface area (TPSA) is 81.0 Å². The van der Waals surface area contributed by atoms with Crippen LogP contribution in [0.3, 0.4) is 0 Å². The van der Waals surface area contributed by atoms with Gasteiger partial charge in [-0.05, 0) is 48.5 Å². The van der Waals surface area contributed by atoms with Crippen LogP contribution in [0.2, 0.25) is 5.02 Å². The molecule has 25 heavy (non-hydrogen) atoms. The Hall–Kier alpha value is -2.71. The van der Waals surface area contributed by atoms with Crippen molar-refractivity contribution in [2.24, 2.45) is 0 Å². The molecule has 0 amide bonds. The van der Waals surface area contributed by atoms with E-state index in [1.165, 1.54) is 30.6 Å². The quantitative estimate of drug-likeness (QED) is 0.380. The normalized spacial score (nSPS) is 10.5. The van der Waals surface area contributed by atoms with Gasteiger partial charge in [0.05, 0.1) is 4.92 Å². The van der Waals surface area contributed by atoms with E-state index in [0.29, 0.717) is 10.7 Å². The second kappa shape index (κ2) is 7.45. The van der Waals surface area contributed by atoms with Gasteiger partial charge in [-0.3, -0.25) is 10.1 Å². The van der Waals surface area contributed by atoms with Gasteiger partial charge in [0.25, 0.3) is 0 Å². The van der Waals surface area contributed by atoms with Crippen LogP contribution in [0.5, 0.6) is 0 Å². The van der Waals surface area contributed by atoms with Gasteiger partial charge in [0.2, 0.25) is 5.82 Å². The summed E-state index contributed by atoms with van der Waals surface area (Å²) in [5.74, 6) is -0.371. The van der Waals surface area contributed by atoms with E-state index >= 15 is 0 Å². The van der Waals surface area contributed by atoms with Crippen molar-refractivity contribution in [3.63, 3.8) is 0 Å². The summed E-state index contributed by atoms with van der Waals surface area (Å²) in [5, 5.41) is 15.1. The Balaban J connectivity index is 1.94. The molecule has 0 saturated heterocycles. The van der Waals surface area contributed by atoms with Crippen molar-refractivity contribution in [2.75, 3.05) is 5.32 Å². The Morgan fingerprint density at radius 1 is 1.08 bits per heavy atom. The van der Waals surface area contributed by atoms with Crippen LogP contribution in [0.1, 0.15) is 0 Å². The third-order valence-electron chi connectivity index (χ3n) is 3.11. The molecule has 0 atom stereocenters. The number of hydrogen-bond donors (Lipinski definition) is 1. The zero-order valence-electron chi connectivity index (χ0n) is 12.5. The van der Waals surface area contributed by atoms with Crippen molar-refractivity contribution in [3.05, 3.63) is 75.8 Å². The number of nitro groups is 1. The first kappa shape index (κ1) is 17.1. The third-order valence-corrected chi connectivity index (χ3v) is 4.36. The van der Waals surface area contributed by atoms with Crippen molar-refractivity contribution < 1.29 is 9.31 Å². The van der Waals surface area contributed by atoms with Crippen molar-refractivity contribution in [2.45, 2.75) is 9.92 Å². The molecule has 0 radical (unpaired) electrons. The fourth-order valence-corrected chi connectivity index (χ4v) is 2.97. The molecule has 3 rings (SSSR count). The summed E-state index contributed by atoms with van der Waals surface area (Å²) in [6.07, 6.45) is 1.23. The number of anilines is 2. The number of halogens is 2. The van der Waals surface area contributed by atoms with Gasteiger partial charge in [0.15, 0.2) is 5.03 Å². The maximum atomic E-state index is 13.0. The first-order valence-corrected chi connectivity index (χ1v) is 8.18. The Labute approximate surface area is 151 Å². The maximum absolute atomic E-state index is 13.0. The standard InChI is InChI=1S/C16H10ClFN4O2S/c17-10-1-7-13(8-2-10)25-16-14(22(23)24)15(19-9-20-16)21-12-5-3-11(18)4-6-12/h1-9H,(H,19,20,21). The Morgan fingerprint density at radius 2 is 1.76 bits per heavy atom. The molecule has 0 spiro atoms. The van der Waals surface area contributed by atoms with E-state index in [1.54, 1.807) is 24.3 Å². The lowest BCUT2D eigenvalue weighted by molar-refractivity contribution is -0.387. The molecule has 3 aromatic rings. The molecule has 0 bridgehead atoms. The molecule has 126 valence electrons. The fourth-order valence-electron chi connectivity index (χ4n) is 1.98. The highest BCUT2D eigenvalue weighted by molar-refractivity contribution is 7.99. The van der Waals surface area contributed by atoms with E-state index < -0.39 is 10.7 Å². The van der Waals surface area contributed by atoms with Gasteiger partial charge in [0, 0.05) is 15.6 Å². The lowest BCUT2D eigenvalue weighted by atomic mass is 10.3. The predicted molar refractivity (Wildman–Crippen MR) is 93.9 cm³/mol. The molecular weight excluding hydrogens is 367 g/mol. The summed E-state index contributed by atoms with van der Waals surface area (Å²) < 4.78 is 13.0. The Morgan fingerprint density at radius 3 is 2.40 bits per heavy atom. The summed E-state index contributed by atoms with van der Waals surface area (Å²) in [6, 6.07) is 12.3. The molecule has 0 saturated carbocycles. The molecular formula is C16H10ClFN4O2S. The van der Waals surface area contributed by atoms with Gasteiger partial charge in [-0.1, -0.05) is 23.4 Å². The van der Waals surface area contributed by atoms with E-state index in [2.05, 4.69) is 15.3 Å². The smallest absolute Gasteiger partial charge is 0.334 e. The average Bonchev–Trinajstić information content (AvgIpc) is 2.59. The van der Waals surface area contributed by atoms with Crippen LogP contribution < -0.4 is 5.32 Å². The Bertz CT molecular complexity index is 841. The van der Waals surface area contributed by atoms with Gasteiger partial charge >= 0.3 is 5.69 Å². The molecule has 2 aromatic carbocycles. The first-order valence-electron chi connectivity index (χ1n) is 6.98. The summed E-state index contributed by atoms with van der Waals surface area (Å²) >= 11 is 6.97. The molecule has 1 heterocycles. The molecule has 0 aliphatic heterocycles. The number of benzene rings is 2. The Kier molecular flexibility index (Phi) is 5.11. The zero-order valence-corrected chi connectivity index (χ0v) is 14.1. The van der Waals surface area contributed by atoms with E-state index in [1.807, 2.05) is 0 Å². The summed E-state index contributed by atoms with van der Waals surface area (Å²) in [5.41, 5.74) is 0.220. The second-order valence-corrected chi connectivity index (χ2v) is 6.32. The average molecular weight is 377 g/mol. The first-order chi connectivity index (χ1) is 12.0. The van der Waals surface area contributed by atoms with Crippen molar-refractivity contribution in [1.82, 2.24) is 9.97 Å². The third kappa shape index (κ3) is 4.23. The molecule has 6 nitrogen and oxygen atoms in total. The highest BCUT2D eigenvalue weighted by Gasteiger charge is 2.24. The monoisotopic (exact) mass is 376 g/mol. The van der Waals surface area contributed by atoms with Crippen LogP contribution in [-0.4, -0.2) is 14.9 Å². The van der Waals surface area contributed by atoms with Crippen LogP contribution in [-0.2, 0) is 0 Å². The predicted octanol–water partition coefficient (Wildman–Crippen LogP) is 5.07. The zero-order chi connectivity index (χ0) is 17.8. The van der Waals surface area contributed by atoms with Crippen LogP contribution in [0.25, 0.3) is 0 Å². The fraction of sp³-hybridized carbons (Fsp3) is 0. The van der Waals surface area contributed by atoms with Gasteiger partial charge in [0.1, 0.15) is 12.1 Å². The number of aromatic nitrogens is 2. The van der Waals surface area contributed by atoms with Gasteiger partial charge in [-0.2, -0.15) is 0 Å². The number of nitrogens with zero attached hydrogens (tertiary/aromatic N) is 3. The van der Waals surface area contributed by atoms with Crippen LogP contribution in [0.15, 0.2) is 64.8 Å². The van der Waals surface area contributed by atoms with Gasteiger partial charge in [-0.15, -0.1) is 0 Å². The lowest BCUT2D eigenvalue weighted by Crippen LogP contribution is -2.02. The highest BCUT2D eigenvalue weighted by atomic mass is 35.5. The minimum absolute atomic E-state index is 0.0306. The van der Waals surface area contributed by atoms with Crippen LogP contribution in [0.4, 0.5) is 21.6 Å². The lowest BCUT2D eigenvalue weighted by Gasteiger charge is -2.08. The molecule has 9 heteroatoms. The molecule has 1 N–H and O–H groups in total. The molecule has 0 aliphatic rings. The van der Waals surface area contributed by atoms with Crippen LogP contribution >= 0.6 is 23.4 Å². The van der Waals surface area contributed by atoms with Crippen molar-refractivity contribution in [3.8, 4) is 0 Å². The summed E-state index contributed by atoms with van der Waals surface area (Å²) in [7, 11) is 0. The second-order valence-electron chi connectivity index (χ2n) is 4.82. The minimum atomic E-state index is -0.551. The highest BCUT2D eigenvalue weighted by Crippen LogP contribution is 2.37. The van der Waals surface area contributed by atoms with E-state index in [-0.39, 0.29) is 16.5 Å². The minimum Gasteiger partial charge on any atom is -0.334 e. The van der Waals surface area contributed by atoms with Gasteiger partial charge in [-0.25, -0.2) is 14.4 Å². The van der Waals surface area contributed by atoms with Gasteiger partial charge < -0.3 is 5.32 Å². The van der Waals surface area contributed by atoms with E-state index in [4.69, 9.17) is 11.6 Å². The molecule has 0 fully saturated rings. The van der Waals surface area contributed by atoms with E-state index in [9.17, 15) is 14.5 Å². The van der Waals surface area contributed by atoms with Crippen LogP contribution in [0, 0.1) is 15.9 Å². The summed E-state index contributed by atoms with van der Waals surface area (Å²) in [4.78, 5) is 19.7. The van der Waals surface area contributed by atoms with Crippen molar-refractivity contribution in [1.29, 1.82) is 0 Å². The molecule has 0 unspecified atom stereocenters. The molecule has 1 aromatic heterocycles. The van der Waals surface area contributed by atoms with E-state index in [0.717, 1.165) is 16.7 Å². The number of rotatable bonds is 5. The maximum Gasteiger partial charge on any atom is 0.343 e. The summed E-state index contributed by atoms with van der Waals surface area (Å²) in [6.45, 7) is 0. The largest absolute Gasteiger partial charge is 0.343 e. The number of nitrogens with one attached hydrogen (secondary N) is 1. The number of hydrogen-bond acceptors (Lipinski definition) is 6. The SMILES string of the molecule is O=[N+]([O-])c1c(Nc2ccc(F)cc2)ncnc1Sc1ccc(Cl)cc1.